The third-order valence-electron chi connectivity index (χ3n) is 6.34. The maximum absolute atomic E-state index is 13.0. The highest BCUT2D eigenvalue weighted by Gasteiger charge is 2.36. The van der Waals surface area contributed by atoms with Gasteiger partial charge in [0, 0.05) is 17.8 Å². The summed E-state index contributed by atoms with van der Waals surface area (Å²) in [5.41, 5.74) is 9.55. The Bertz CT molecular complexity index is 1110. The monoisotopic (exact) mass is 444 g/mol. The van der Waals surface area contributed by atoms with Crippen molar-refractivity contribution in [2.75, 3.05) is 11.4 Å². The van der Waals surface area contributed by atoms with E-state index in [1.165, 1.54) is 0 Å². The molecule has 33 heavy (non-hydrogen) atoms. The minimum Gasteiger partial charge on any atom is -0.351 e. The Morgan fingerprint density at radius 2 is 1.67 bits per heavy atom. The Labute approximate surface area is 197 Å². The predicted octanol–water partition coefficient (Wildman–Crippen LogP) is 6.72. The van der Waals surface area contributed by atoms with Crippen molar-refractivity contribution in [1.82, 2.24) is 9.55 Å². The molecule has 2 N–H and O–H groups in total. The molecule has 0 saturated carbocycles. The fourth-order valence-corrected chi connectivity index (χ4v) is 4.76. The van der Waals surface area contributed by atoms with E-state index in [1.54, 1.807) is 11.1 Å². The number of primary amides is 1. The lowest BCUT2D eigenvalue weighted by molar-refractivity contribution is 0.245. The SMILES string of the molecule is C=CCC(CC=C)(CN(C(N)=O)c1c(C(C)C)cccc1C(C)C)n1ccc2cccnc21. The standard InChI is InChI=1S/C28H36N4O/c1-7-15-28(16-8-2,32-18-14-22-11-10-17-30-26(22)32)19-31(27(29)33)25-23(20(3)4)12-9-13-24(25)21(5)6/h7-14,17-18,20-21H,1-2,15-16,19H2,3-6H3,(H2,29,33). The summed E-state index contributed by atoms with van der Waals surface area (Å²) >= 11 is 0. The van der Waals surface area contributed by atoms with Crippen LogP contribution in [0.1, 0.15) is 63.5 Å². The number of amides is 2. The molecule has 0 fully saturated rings. The summed E-state index contributed by atoms with van der Waals surface area (Å²) < 4.78 is 2.16. The molecule has 0 unspecified atom stereocenters. The third kappa shape index (κ3) is 4.72. The number of carbonyl (C=O) groups excluding carboxylic acids is 1. The summed E-state index contributed by atoms with van der Waals surface area (Å²) in [6.07, 6.45) is 8.89. The Morgan fingerprint density at radius 1 is 1.06 bits per heavy atom. The van der Waals surface area contributed by atoms with E-state index < -0.39 is 11.6 Å². The number of aromatic nitrogens is 2. The molecule has 1 aromatic carbocycles. The number of carbonyl (C=O) groups is 1. The largest absolute Gasteiger partial charge is 0.351 e. The van der Waals surface area contributed by atoms with Crippen molar-refractivity contribution in [1.29, 1.82) is 0 Å². The van der Waals surface area contributed by atoms with Gasteiger partial charge in [0.25, 0.3) is 0 Å². The van der Waals surface area contributed by atoms with Crippen molar-refractivity contribution >= 4 is 22.8 Å². The summed E-state index contributed by atoms with van der Waals surface area (Å²) in [5.74, 6) is 0.477. The van der Waals surface area contributed by atoms with Gasteiger partial charge in [-0.3, -0.25) is 4.90 Å². The zero-order valence-electron chi connectivity index (χ0n) is 20.3. The van der Waals surface area contributed by atoms with Crippen molar-refractivity contribution < 1.29 is 4.79 Å². The molecule has 5 heteroatoms. The van der Waals surface area contributed by atoms with Gasteiger partial charge in [0.2, 0.25) is 0 Å². The number of hydrogen-bond acceptors (Lipinski definition) is 2. The molecular formula is C28H36N4O. The van der Waals surface area contributed by atoms with E-state index in [4.69, 9.17) is 5.73 Å². The first-order chi connectivity index (χ1) is 15.8. The third-order valence-corrected chi connectivity index (χ3v) is 6.34. The van der Waals surface area contributed by atoms with Crippen molar-refractivity contribution in [2.45, 2.75) is 57.9 Å². The van der Waals surface area contributed by atoms with E-state index in [0.717, 1.165) is 27.8 Å². The lowest BCUT2D eigenvalue weighted by Gasteiger charge is -2.40. The van der Waals surface area contributed by atoms with Crippen LogP contribution in [0.4, 0.5) is 10.5 Å². The Morgan fingerprint density at radius 3 is 2.18 bits per heavy atom. The van der Waals surface area contributed by atoms with Crippen LogP contribution in [0.2, 0.25) is 0 Å². The summed E-state index contributed by atoms with van der Waals surface area (Å²) in [6.45, 7) is 17.0. The second-order valence-electron chi connectivity index (χ2n) is 9.33. The van der Waals surface area contributed by atoms with Gasteiger partial charge >= 0.3 is 6.03 Å². The summed E-state index contributed by atoms with van der Waals surface area (Å²) in [6, 6.07) is 11.8. The van der Waals surface area contributed by atoms with E-state index in [1.807, 2.05) is 30.5 Å². The lowest BCUT2D eigenvalue weighted by Crippen LogP contribution is -2.49. The molecule has 0 atom stereocenters. The highest BCUT2D eigenvalue weighted by atomic mass is 16.2. The van der Waals surface area contributed by atoms with Crippen molar-refractivity contribution in [2.24, 2.45) is 5.73 Å². The minimum absolute atomic E-state index is 0.239. The van der Waals surface area contributed by atoms with E-state index >= 15 is 0 Å². The molecule has 0 radical (unpaired) electrons. The van der Waals surface area contributed by atoms with Gasteiger partial charge in [-0.05, 0) is 54.0 Å². The lowest BCUT2D eigenvalue weighted by atomic mass is 9.87. The maximum atomic E-state index is 13.0. The first kappa shape index (κ1) is 24.3. The maximum Gasteiger partial charge on any atom is 0.319 e. The van der Waals surface area contributed by atoms with Gasteiger partial charge in [0.1, 0.15) is 5.65 Å². The second kappa shape index (κ2) is 10.1. The summed E-state index contributed by atoms with van der Waals surface area (Å²) in [4.78, 5) is 19.4. The predicted molar refractivity (Wildman–Crippen MR) is 139 cm³/mol. The highest BCUT2D eigenvalue weighted by molar-refractivity contribution is 5.93. The fraction of sp³-hybridized carbons (Fsp3) is 0.357. The van der Waals surface area contributed by atoms with E-state index in [-0.39, 0.29) is 11.8 Å². The Kier molecular flexibility index (Phi) is 7.42. The molecular weight excluding hydrogens is 408 g/mol. The number of anilines is 1. The van der Waals surface area contributed by atoms with Gasteiger partial charge in [-0.1, -0.05) is 58.0 Å². The molecule has 2 heterocycles. The second-order valence-corrected chi connectivity index (χ2v) is 9.33. The summed E-state index contributed by atoms with van der Waals surface area (Å²) in [7, 11) is 0. The molecule has 5 nitrogen and oxygen atoms in total. The number of benzene rings is 1. The summed E-state index contributed by atoms with van der Waals surface area (Å²) in [5, 5.41) is 1.05. The molecule has 174 valence electrons. The minimum atomic E-state index is -0.535. The number of allylic oxidation sites excluding steroid dienone is 2. The van der Waals surface area contributed by atoms with E-state index in [2.05, 4.69) is 74.7 Å². The van der Waals surface area contributed by atoms with Crippen LogP contribution in [0, 0.1) is 0 Å². The first-order valence-electron chi connectivity index (χ1n) is 11.6. The van der Waals surface area contributed by atoms with Crippen molar-refractivity contribution in [3.8, 4) is 0 Å². The number of rotatable bonds is 10. The van der Waals surface area contributed by atoms with Crippen LogP contribution in [0.5, 0.6) is 0 Å². The van der Waals surface area contributed by atoms with Crippen LogP contribution in [0.25, 0.3) is 11.0 Å². The van der Waals surface area contributed by atoms with Gasteiger partial charge in [0.15, 0.2) is 0 Å². The molecule has 2 amide bonds. The van der Waals surface area contributed by atoms with Gasteiger partial charge in [-0.2, -0.15) is 0 Å². The number of para-hydroxylation sites is 1. The number of urea groups is 1. The zero-order valence-corrected chi connectivity index (χ0v) is 20.3. The molecule has 2 aromatic heterocycles. The molecule has 0 aliphatic rings. The average Bonchev–Trinajstić information content (AvgIpc) is 3.21. The van der Waals surface area contributed by atoms with Gasteiger partial charge in [0.05, 0.1) is 17.8 Å². The molecule has 0 saturated heterocycles. The van der Waals surface area contributed by atoms with Crippen LogP contribution in [-0.4, -0.2) is 22.1 Å². The Balaban J connectivity index is 2.26. The number of hydrogen-bond donors (Lipinski definition) is 1. The fourth-order valence-electron chi connectivity index (χ4n) is 4.76. The molecule has 0 spiro atoms. The van der Waals surface area contributed by atoms with Crippen LogP contribution in [0.15, 0.2) is 74.1 Å². The van der Waals surface area contributed by atoms with Gasteiger partial charge in [-0.25, -0.2) is 9.78 Å². The topological polar surface area (TPSA) is 64.2 Å². The normalized spacial score (nSPS) is 11.8. The number of pyridine rings is 1. The van der Waals surface area contributed by atoms with Crippen LogP contribution in [0.3, 0.4) is 0 Å². The van der Waals surface area contributed by atoms with Gasteiger partial charge < -0.3 is 10.3 Å². The number of nitrogens with zero attached hydrogens (tertiary/aromatic N) is 3. The average molecular weight is 445 g/mol. The smallest absolute Gasteiger partial charge is 0.319 e. The highest BCUT2D eigenvalue weighted by Crippen LogP contribution is 2.39. The van der Waals surface area contributed by atoms with Crippen molar-refractivity contribution in [3.63, 3.8) is 0 Å². The zero-order chi connectivity index (χ0) is 24.2. The van der Waals surface area contributed by atoms with Crippen LogP contribution in [-0.2, 0) is 5.54 Å². The van der Waals surface area contributed by atoms with Crippen molar-refractivity contribution in [3.05, 3.63) is 85.2 Å². The van der Waals surface area contributed by atoms with E-state index in [0.29, 0.717) is 19.4 Å². The van der Waals surface area contributed by atoms with Gasteiger partial charge in [-0.15, -0.1) is 13.2 Å². The number of nitrogens with two attached hydrogens (primary N) is 1. The van der Waals surface area contributed by atoms with E-state index in [9.17, 15) is 4.79 Å². The molecule has 0 aliphatic carbocycles. The van der Waals surface area contributed by atoms with Crippen LogP contribution >= 0.6 is 0 Å². The number of fused-ring (bicyclic) bond motifs is 1. The molecule has 0 aliphatic heterocycles. The Hall–Kier alpha value is -3.34. The quantitative estimate of drug-likeness (QED) is 0.353. The molecule has 3 rings (SSSR count). The molecule has 3 aromatic rings. The molecule has 0 bridgehead atoms. The first-order valence-corrected chi connectivity index (χ1v) is 11.6. The van der Waals surface area contributed by atoms with Crippen LogP contribution < -0.4 is 10.6 Å².